The van der Waals surface area contributed by atoms with Gasteiger partial charge in [0.1, 0.15) is 5.75 Å². The Labute approximate surface area is 165 Å². The van der Waals surface area contributed by atoms with Gasteiger partial charge in [0, 0.05) is 17.2 Å². The first-order valence-electron chi connectivity index (χ1n) is 9.10. The zero-order chi connectivity index (χ0) is 19.6. The Kier molecular flexibility index (Phi) is 8.61. The summed E-state index contributed by atoms with van der Waals surface area (Å²) in [6.07, 6.45) is 0. The minimum atomic E-state index is -0.363. The van der Waals surface area contributed by atoms with Gasteiger partial charge < -0.3 is 14.2 Å². The predicted molar refractivity (Wildman–Crippen MR) is 107 cm³/mol. The first-order valence-corrected chi connectivity index (χ1v) is 9.98. The van der Waals surface area contributed by atoms with Crippen LogP contribution in [0.5, 0.6) is 5.75 Å². The largest absolute Gasteiger partial charge is 0.482 e. The molecule has 1 aromatic carbocycles. The van der Waals surface area contributed by atoms with E-state index in [1.807, 2.05) is 51.1 Å². The summed E-state index contributed by atoms with van der Waals surface area (Å²) in [4.78, 5) is 17.2. The molecule has 2 rings (SSSR count). The topological polar surface area (TPSA) is 57.7 Å². The highest BCUT2D eigenvalue weighted by atomic mass is 32.2. The molecule has 1 unspecified atom stereocenters. The van der Waals surface area contributed by atoms with Crippen LogP contribution in [0.15, 0.2) is 41.3 Å². The smallest absolute Gasteiger partial charge is 0.344 e. The molecule has 0 aliphatic heterocycles. The number of carbonyl (C=O) groups excluding carboxylic acids is 1. The van der Waals surface area contributed by atoms with Crippen molar-refractivity contribution in [2.45, 2.75) is 37.8 Å². The van der Waals surface area contributed by atoms with E-state index in [0.717, 1.165) is 21.8 Å². The van der Waals surface area contributed by atoms with Crippen LogP contribution in [-0.4, -0.2) is 37.4 Å². The molecule has 27 heavy (non-hydrogen) atoms. The third-order valence-electron chi connectivity index (χ3n) is 3.79. The number of hydrogen-bond donors (Lipinski definition) is 0. The first-order chi connectivity index (χ1) is 13.0. The highest BCUT2D eigenvalue weighted by Gasteiger charge is 2.16. The molecular formula is C21H27NO4S. The van der Waals surface area contributed by atoms with Crippen LogP contribution in [0.2, 0.25) is 0 Å². The van der Waals surface area contributed by atoms with Crippen molar-refractivity contribution in [2.24, 2.45) is 0 Å². The van der Waals surface area contributed by atoms with E-state index in [9.17, 15) is 4.79 Å². The number of esters is 1. The van der Waals surface area contributed by atoms with Crippen LogP contribution in [-0.2, 0) is 14.3 Å². The molecule has 0 N–H and O–H groups in total. The Balaban J connectivity index is 2.08. The summed E-state index contributed by atoms with van der Waals surface area (Å²) in [6.45, 7) is 9.26. The van der Waals surface area contributed by atoms with Crippen LogP contribution < -0.4 is 4.74 Å². The van der Waals surface area contributed by atoms with Gasteiger partial charge in [-0.1, -0.05) is 6.07 Å². The Morgan fingerprint density at radius 1 is 1.15 bits per heavy atom. The number of aromatic nitrogens is 1. The van der Waals surface area contributed by atoms with Crippen LogP contribution in [0.4, 0.5) is 0 Å². The van der Waals surface area contributed by atoms with Gasteiger partial charge in [-0.05, 0) is 63.6 Å². The van der Waals surface area contributed by atoms with E-state index in [4.69, 9.17) is 14.2 Å². The lowest BCUT2D eigenvalue weighted by Crippen LogP contribution is -2.14. The molecule has 2 aromatic rings. The maximum atomic E-state index is 11.5. The molecule has 6 heteroatoms. The zero-order valence-electron chi connectivity index (χ0n) is 16.4. The fourth-order valence-corrected chi connectivity index (χ4v) is 3.65. The number of benzene rings is 1. The van der Waals surface area contributed by atoms with Gasteiger partial charge in [-0.3, -0.25) is 4.98 Å². The van der Waals surface area contributed by atoms with Crippen LogP contribution in [0.25, 0.3) is 0 Å². The van der Waals surface area contributed by atoms with E-state index in [-0.39, 0.29) is 17.8 Å². The summed E-state index contributed by atoms with van der Waals surface area (Å²) in [6, 6.07) is 12.0. The predicted octanol–water partition coefficient (Wildman–Crippen LogP) is 4.51. The summed E-state index contributed by atoms with van der Waals surface area (Å²) in [5.74, 6) is 0.320. The summed E-state index contributed by atoms with van der Waals surface area (Å²) in [7, 11) is 0. The standard InChI is InChI=1S/C21H27NO4S/c1-5-24-13-20(18-9-7-8-16(4)22-18)27-17-10-11-19(15(3)12-17)26-14-21(23)25-6-2/h7-12,20H,5-6,13-14H2,1-4H3. The fourth-order valence-electron chi connectivity index (χ4n) is 2.51. The van der Waals surface area contributed by atoms with Gasteiger partial charge in [0.05, 0.1) is 24.2 Å². The number of rotatable bonds is 10. The van der Waals surface area contributed by atoms with Crippen molar-refractivity contribution >= 4 is 17.7 Å². The van der Waals surface area contributed by atoms with E-state index in [1.165, 1.54) is 0 Å². The Morgan fingerprint density at radius 2 is 1.96 bits per heavy atom. The van der Waals surface area contributed by atoms with Gasteiger partial charge in [-0.15, -0.1) is 11.8 Å². The van der Waals surface area contributed by atoms with E-state index < -0.39 is 0 Å². The Bertz CT molecular complexity index is 751. The van der Waals surface area contributed by atoms with E-state index in [1.54, 1.807) is 18.7 Å². The quantitative estimate of drug-likeness (QED) is 0.440. The number of hydrogen-bond acceptors (Lipinski definition) is 6. The fraction of sp³-hybridized carbons (Fsp3) is 0.429. The average molecular weight is 390 g/mol. The Morgan fingerprint density at radius 3 is 2.63 bits per heavy atom. The lowest BCUT2D eigenvalue weighted by molar-refractivity contribution is -0.145. The third-order valence-corrected chi connectivity index (χ3v) is 4.98. The van der Waals surface area contributed by atoms with E-state index in [0.29, 0.717) is 25.6 Å². The molecule has 1 atom stereocenters. The lowest BCUT2D eigenvalue weighted by Gasteiger charge is -2.17. The number of aryl methyl sites for hydroxylation is 2. The number of nitrogens with zero attached hydrogens (tertiary/aromatic N) is 1. The van der Waals surface area contributed by atoms with Gasteiger partial charge >= 0.3 is 5.97 Å². The summed E-state index contributed by atoms with van der Waals surface area (Å²) >= 11 is 1.71. The van der Waals surface area contributed by atoms with Crippen LogP contribution in [0.3, 0.4) is 0 Å². The minimum absolute atomic E-state index is 0.0820. The molecule has 0 saturated heterocycles. The molecule has 5 nitrogen and oxygen atoms in total. The number of carbonyl (C=O) groups is 1. The van der Waals surface area contributed by atoms with Gasteiger partial charge in [0.2, 0.25) is 0 Å². The maximum absolute atomic E-state index is 11.5. The second kappa shape index (κ2) is 10.9. The third kappa shape index (κ3) is 6.88. The van der Waals surface area contributed by atoms with Gasteiger partial charge in [0.25, 0.3) is 0 Å². The second-order valence-electron chi connectivity index (χ2n) is 5.99. The lowest BCUT2D eigenvalue weighted by atomic mass is 10.2. The van der Waals surface area contributed by atoms with Crippen molar-refractivity contribution in [3.05, 3.63) is 53.3 Å². The molecule has 0 radical (unpaired) electrons. The molecule has 0 spiro atoms. The molecular weight excluding hydrogens is 362 g/mol. The van der Waals surface area contributed by atoms with Crippen LogP contribution in [0.1, 0.15) is 36.0 Å². The highest BCUT2D eigenvalue weighted by Crippen LogP contribution is 2.36. The molecule has 1 aromatic heterocycles. The Hall–Kier alpha value is -2.05. The number of pyridine rings is 1. The van der Waals surface area contributed by atoms with Gasteiger partial charge in [-0.25, -0.2) is 4.79 Å². The zero-order valence-corrected chi connectivity index (χ0v) is 17.2. The van der Waals surface area contributed by atoms with Crippen molar-refractivity contribution in [1.82, 2.24) is 4.98 Å². The maximum Gasteiger partial charge on any atom is 0.344 e. The van der Waals surface area contributed by atoms with E-state index >= 15 is 0 Å². The van der Waals surface area contributed by atoms with Crippen LogP contribution in [0, 0.1) is 13.8 Å². The molecule has 0 aliphatic carbocycles. The summed E-state index contributed by atoms with van der Waals surface area (Å²) < 4.78 is 16.1. The van der Waals surface area contributed by atoms with Crippen molar-refractivity contribution < 1.29 is 19.0 Å². The minimum Gasteiger partial charge on any atom is -0.482 e. The average Bonchev–Trinajstić information content (AvgIpc) is 2.64. The second-order valence-corrected chi connectivity index (χ2v) is 7.27. The molecule has 0 amide bonds. The monoisotopic (exact) mass is 389 g/mol. The summed E-state index contributed by atoms with van der Waals surface area (Å²) in [5, 5.41) is 0.107. The van der Waals surface area contributed by atoms with Crippen molar-refractivity contribution in [3.63, 3.8) is 0 Å². The van der Waals surface area contributed by atoms with Crippen molar-refractivity contribution in [2.75, 3.05) is 26.4 Å². The number of ether oxygens (including phenoxy) is 3. The SMILES string of the molecule is CCOCC(Sc1ccc(OCC(=O)OCC)c(C)c1)c1cccc(C)n1. The van der Waals surface area contributed by atoms with Crippen molar-refractivity contribution in [3.8, 4) is 5.75 Å². The van der Waals surface area contributed by atoms with Crippen LogP contribution >= 0.6 is 11.8 Å². The van der Waals surface area contributed by atoms with E-state index in [2.05, 4.69) is 11.1 Å². The molecule has 1 heterocycles. The molecule has 0 aliphatic rings. The molecule has 0 saturated carbocycles. The normalized spacial score (nSPS) is 11.9. The van der Waals surface area contributed by atoms with Gasteiger partial charge in [-0.2, -0.15) is 0 Å². The molecule has 0 bridgehead atoms. The highest BCUT2D eigenvalue weighted by molar-refractivity contribution is 7.99. The van der Waals surface area contributed by atoms with Gasteiger partial charge in [0.15, 0.2) is 6.61 Å². The molecule has 0 fully saturated rings. The number of thioether (sulfide) groups is 1. The summed E-state index contributed by atoms with van der Waals surface area (Å²) in [5.41, 5.74) is 2.97. The first kappa shape index (κ1) is 21.3. The van der Waals surface area contributed by atoms with Crippen molar-refractivity contribution in [1.29, 1.82) is 0 Å². The molecule has 146 valence electrons.